The van der Waals surface area contributed by atoms with Gasteiger partial charge in [0.25, 0.3) is 0 Å². The lowest BCUT2D eigenvalue weighted by atomic mass is 10.2. The van der Waals surface area contributed by atoms with Crippen LogP contribution in [0.15, 0.2) is 45.3 Å². The van der Waals surface area contributed by atoms with Crippen molar-refractivity contribution in [3.63, 3.8) is 0 Å². The van der Waals surface area contributed by atoms with Crippen LogP contribution in [0.4, 0.5) is 0 Å². The van der Waals surface area contributed by atoms with Crippen LogP contribution in [-0.2, 0) is 6.54 Å². The molecule has 0 aliphatic carbocycles. The maximum absolute atomic E-state index is 5.89. The quantitative estimate of drug-likeness (QED) is 0.534. The lowest BCUT2D eigenvalue weighted by Gasteiger charge is -2.17. The van der Waals surface area contributed by atoms with Gasteiger partial charge in [-0.2, -0.15) is 0 Å². The van der Waals surface area contributed by atoms with Crippen molar-refractivity contribution in [2.24, 2.45) is 0 Å². The third-order valence-electron chi connectivity index (χ3n) is 3.81. The van der Waals surface area contributed by atoms with Crippen LogP contribution in [0.25, 0.3) is 11.3 Å². The van der Waals surface area contributed by atoms with E-state index in [4.69, 9.17) is 4.42 Å². The van der Waals surface area contributed by atoms with Gasteiger partial charge in [-0.3, -0.25) is 0 Å². The first-order valence-corrected chi connectivity index (χ1v) is 8.80. The SMILES string of the molecule is CCN(CC)CCCNCc1ccc(-c2ccc(Br)cc2)o1.Cl.Cl. The molecule has 1 aromatic heterocycles. The normalized spacial score (nSPS) is 10.3. The summed E-state index contributed by atoms with van der Waals surface area (Å²) in [5, 5.41) is 3.45. The van der Waals surface area contributed by atoms with Gasteiger partial charge < -0.3 is 14.6 Å². The lowest BCUT2D eigenvalue weighted by Crippen LogP contribution is -2.27. The molecule has 0 aliphatic rings. The van der Waals surface area contributed by atoms with Crippen molar-refractivity contribution < 1.29 is 4.42 Å². The molecule has 2 rings (SSSR count). The topological polar surface area (TPSA) is 28.4 Å². The van der Waals surface area contributed by atoms with Gasteiger partial charge in [0.15, 0.2) is 0 Å². The number of nitrogens with zero attached hydrogens (tertiary/aromatic N) is 1. The highest BCUT2D eigenvalue weighted by Gasteiger charge is 2.04. The van der Waals surface area contributed by atoms with Gasteiger partial charge in [0.05, 0.1) is 6.54 Å². The van der Waals surface area contributed by atoms with Crippen LogP contribution in [0.3, 0.4) is 0 Å². The van der Waals surface area contributed by atoms with Crippen LogP contribution in [0.2, 0.25) is 0 Å². The van der Waals surface area contributed by atoms with Gasteiger partial charge in [-0.25, -0.2) is 0 Å². The minimum absolute atomic E-state index is 0. The molecule has 1 aromatic carbocycles. The number of furan rings is 1. The summed E-state index contributed by atoms with van der Waals surface area (Å²) in [7, 11) is 0. The Hall–Kier alpha value is -0.520. The lowest BCUT2D eigenvalue weighted by molar-refractivity contribution is 0.297. The summed E-state index contributed by atoms with van der Waals surface area (Å²) in [5.41, 5.74) is 1.11. The molecule has 3 nitrogen and oxygen atoms in total. The van der Waals surface area contributed by atoms with Gasteiger partial charge in [0.1, 0.15) is 11.5 Å². The zero-order chi connectivity index (χ0) is 15.8. The largest absolute Gasteiger partial charge is 0.460 e. The Balaban J connectivity index is 0.00000264. The Morgan fingerprint density at radius 1 is 1.00 bits per heavy atom. The zero-order valence-electron chi connectivity index (χ0n) is 14.3. The first kappa shape index (κ1) is 23.5. The molecule has 6 heteroatoms. The molecular formula is C18H27BrCl2N2O. The first-order valence-electron chi connectivity index (χ1n) is 8.00. The highest BCUT2D eigenvalue weighted by atomic mass is 79.9. The zero-order valence-corrected chi connectivity index (χ0v) is 17.5. The van der Waals surface area contributed by atoms with E-state index in [1.807, 2.05) is 18.2 Å². The average molecular weight is 438 g/mol. The molecule has 24 heavy (non-hydrogen) atoms. The second-order valence-electron chi connectivity index (χ2n) is 5.33. The predicted molar refractivity (Wildman–Crippen MR) is 110 cm³/mol. The summed E-state index contributed by atoms with van der Waals surface area (Å²) in [6, 6.07) is 12.3. The molecule has 0 amide bonds. The van der Waals surface area contributed by atoms with E-state index in [9.17, 15) is 0 Å². The number of halogens is 3. The fourth-order valence-corrected chi connectivity index (χ4v) is 2.69. The van der Waals surface area contributed by atoms with Gasteiger partial charge in [-0.15, -0.1) is 24.8 Å². The second-order valence-corrected chi connectivity index (χ2v) is 6.25. The van der Waals surface area contributed by atoms with Crippen molar-refractivity contribution in [3.8, 4) is 11.3 Å². The fraction of sp³-hybridized carbons (Fsp3) is 0.444. The van der Waals surface area contributed by atoms with Gasteiger partial charge in [0.2, 0.25) is 0 Å². The van der Waals surface area contributed by atoms with Crippen molar-refractivity contribution >= 4 is 40.7 Å². The number of rotatable bonds is 9. The molecule has 0 saturated heterocycles. The maximum atomic E-state index is 5.89. The van der Waals surface area contributed by atoms with E-state index in [1.54, 1.807) is 0 Å². The molecular weight excluding hydrogens is 411 g/mol. The molecule has 0 fully saturated rings. The maximum Gasteiger partial charge on any atom is 0.134 e. The Kier molecular flexibility index (Phi) is 12.5. The van der Waals surface area contributed by atoms with E-state index in [1.165, 1.54) is 6.42 Å². The Morgan fingerprint density at radius 2 is 1.67 bits per heavy atom. The van der Waals surface area contributed by atoms with E-state index in [0.717, 1.165) is 54.3 Å². The molecule has 1 N–H and O–H groups in total. The first-order chi connectivity index (χ1) is 10.7. The fourth-order valence-electron chi connectivity index (χ4n) is 2.42. The molecule has 1 heterocycles. The van der Waals surface area contributed by atoms with E-state index in [2.05, 4.69) is 58.2 Å². The van der Waals surface area contributed by atoms with Crippen molar-refractivity contribution in [3.05, 3.63) is 46.6 Å². The highest BCUT2D eigenvalue weighted by Crippen LogP contribution is 2.23. The van der Waals surface area contributed by atoms with Crippen LogP contribution in [-0.4, -0.2) is 31.1 Å². The molecule has 0 aliphatic heterocycles. The van der Waals surface area contributed by atoms with Crippen LogP contribution < -0.4 is 5.32 Å². The third-order valence-corrected chi connectivity index (χ3v) is 4.34. The molecule has 136 valence electrons. The number of benzene rings is 1. The van der Waals surface area contributed by atoms with Gasteiger partial charge in [0, 0.05) is 10.0 Å². The van der Waals surface area contributed by atoms with Crippen LogP contribution in [0.5, 0.6) is 0 Å². The van der Waals surface area contributed by atoms with Crippen LogP contribution in [0.1, 0.15) is 26.0 Å². The molecule has 0 radical (unpaired) electrons. The van der Waals surface area contributed by atoms with E-state index in [0.29, 0.717) is 0 Å². The van der Waals surface area contributed by atoms with Gasteiger partial charge in [-0.1, -0.05) is 41.9 Å². The number of nitrogens with one attached hydrogen (secondary N) is 1. The summed E-state index contributed by atoms with van der Waals surface area (Å²) in [4.78, 5) is 2.44. The number of hydrogen-bond donors (Lipinski definition) is 1. The molecule has 0 bridgehead atoms. The average Bonchev–Trinajstić information content (AvgIpc) is 3.00. The standard InChI is InChI=1S/C18H25BrN2O.2ClH/c1-3-21(4-2)13-5-12-20-14-17-10-11-18(22-17)15-6-8-16(19)9-7-15;;/h6-11,20H,3-5,12-14H2,1-2H3;2*1H. The smallest absolute Gasteiger partial charge is 0.134 e. The van der Waals surface area contributed by atoms with E-state index in [-0.39, 0.29) is 24.8 Å². The molecule has 0 unspecified atom stereocenters. The van der Waals surface area contributed by atoms with Gasteiger partial charge >= 0.3 is 0 Å². The van der Waals surface area contributed by atoms with Crippen molar-refractivity contribution in [1.29, 1.82) is 0 Å². The molecule has 0 atom stereocenters. The van der Waals surface area contributed by atoms with Crippen LogP contribution >= 0.6 is 40.7 Å². The van der Waals surface area contributed by atoms with E-state index >= 15 is 0 Å². The summed E-state index contributed by atoms with van der Waals surface area (Å²) in [6.07, 6.45) is 1.17. The summed E-state index contributed by atoms with van der Waals surface area (Å²) >= 11 is 3.45. The molecule has 2 aromatic rings. The molecule has 0 saturated carbocycles. The monoisotopic (exact) mass is 436 g/mol. The number of hydrogen-bond acceptors (Lipinski definition) is 3. The predicted octanol–water partition coefficient (Wildman–Crippen LogP) is 5.37. The van der Waals surface area contributed by atoms with Crippen molar-refractivity contribution in [2.75, 3.05) is 26.2 Å². The summed E-state index contributed by atoms with van der Waals surface area (Å²) < 4.78 is 6.97. The minimum Gasteiger partial charge on any atom is -0.460 e. The molecule has 0 spiro atoms. The van der Waals surface area contributed by atoms with Crippen molar-refractivity contribution in [1.82, 2.24) is 10.2 Å². The van der Waals surface area contributed by atoms with E-state index < -0.39 is 0 Å². The highest BCUT2D eigenvalue weighted by molar-refractivity contribution is 9.10. The third kappa shape index (κ3) is 7.58. The van der Waals surface area contributed by atoms with Crippen molar-refractivity contribution in [2.45, 2.75) is 26.8 Å². The van der Waals surface area contributed by atoms with Crippen LogP contribution in [0, 0.1) is 0 Å². The minimum atomic E-state index is 0. The second kappa shape index (κ2) is 12.8. The Bertz CT molecular complexity index is 556. The van der Waals surface area contributed by atoms with Gasteiger partial charge in [-0.05, 0) is 56.9 Å². The Labute approximate surface area is 166 Å². The Morgan fingerprint density at radius 3 is 2.29 bits per heavy atom. The summed E-state index contributed by atoms with van der Waals surface area (Å²) in [5.74, 6) is 1.91. The summed E-state index contributed by atoms with van der Waals surface area (Å²) in [6.45, 7) is 9.64.